The second-order valence-electron chi connectivity index (χ2n) is 3.84. The molecule has 5 nitrogen and oxygen atoms in total. The van der Waals surface area contributed by atoms with Crippen LogP contribution < -0.4 is 10.5 Å². The van der Waals surface area contributed by atoms with E-state index in [0.29, 0.717) is 19.0 Å². The van der Waals surface area contributed by atoms with E-state index in [9.17, 15) is 0 Å². The van der Waals surface area contributed by atoms with Crippen LogP contribution in [0.2, 0.25) is 0 Å². The van der Waals surface area contributed by atoms with Gasteiger partial charge >= 0.3 is 0 Å². The van der Waals surface area contributed by atoms with Gasteiger partial charge in [-0.2, -0.15) is 5.10 Å². The van der Waals surface area contributed by atoms with Crippen molar-refractivity contribution in [1.29, 1.82) is 0 Å². The third-order valence-electron chi connectivity index (χ3n) is 2.82. The van der Waals surface area contributed by atoms with Gasteiger partial charge in [-0.1, -0.05) is 0 Å². The lowest BCUT2D eigenvalue weighted by Gasteiger charge is -2.00. The molecule has 3 rings (SSSR count). The summed E-state index contributed by atoms with van der Waals surface area (Å²) in [4.78, 5) is 0. The molecule has 96 valence electrons. The van der Waals surface area contributed by atoms with E-state index in [1.165, 1.54) is 0 Å². The maximum absolute atomic E-state index is 5.58. The molecule has 2 N–H and O–H groups in total. The first-order chi connectivity index (χ1) is 8.33. The van der Waals surface area contributed by atoms with Crippen molar-refractivity contribution in [3.8, 4) is 5.95 Å². The summed E-state index contributed by atoms with van der Waals surface area (Å²) in [5, 5.41) is 6.41. The highest BCUT2D eigenvalue weighted by atomic mass is 35.5. The Balaban J connectivity index is 0.00000120. The van der Waals surface area contributed by atoms with Gasteiger partial charge in [0.2, 0.25) is 0 Å². The molecule has 0 aliphatic rings. The molecule has 2 heterocycles. The minimum absolute atomic E-state index is 0. The summed E-state index contributed by atoms with van der Waals surface area (Å²) in [6, 6.07) is 5.79. The van der Waals surface area contributed by atoms with Crippen molar-refractivity contribution in [2.24, 2.45) is 5.73 Å². The summed E-state index contributed by atoms with van der Waals surface area (Å²) in [6.45, 7) is 1.25. The van der Waals surface area contributed by atoms with Crippen molar-refractivity contribution in [2.75, 3.05) is 13.7 Å². The fourth-order valence-corrected chi connectivity index (χ4v) is 2.06. The Kier molecular flexibility index (Phi) is 3.45. The standard InChI is InChI=1S/C12H13N3O2.ClH/c1-16-11-6-9-10(17-11)3-2-8-7-14-15(5-4-13)12(8)9;/h2-3,6-7H,4-5,13H2,1H3;1H. The number of aromatic nitrogens is 2. The minimum Gasteiger partial charge on any atom is -0.468 e. The van der Waals surface area contributed by atoms with E-state index in [2.05, 4.69) is 5.10 Å². The van der Waals surface area contributed by atoms with Crippen LogP contribution in [0, 0.1) is 0 Å². The van der Waals surface area contributed by atoms with Crippen LogP contribution in [0.5, 0.6) is 5.95 Å². The Bertz CT molecular complexity index is 674. The largest absolute Gasteiger partial charge is 0.468 e. The lowest BCUT2D eigenvalue weighted by molar-refractivity contribution is 0.316. The molecule has 0 unspecified atom stereocenters. The predicted octanol–water partition coefficient (Wildman–Crippen LogP) is 2.17. The maximum Gasteiger partial charge on any atom is 0.285 e. The Morgan fingerprint density at radius 3 is 3.00 bits per heavy atom. The molecular weight excluding hydrogens is 254 g/mol. The Labute approximate surface area is 110 Å². The number of ether oxygens (including phenoxy) is 1. The van der Waals surface area contributed by atoms with Crippen LogP contribution in [0.4, 0.5) is 0 Å². The monoisotopic (exact) mass is 267 g/mol. The third kappa shape index (κ3) is 1.81. The minimum atomic E-state index is 0. The Morgan fingerprint density at radius 2 is 2.28 bits per heavy atom. The Hall–Kier alpha value is -1.72. The van der Waals surface area contributed by atoms with Gasteiger partial charge in [0.05, 0.1) is 30.8 Å². The van der Waals surface area contributed by atoms with E-state index in [-0.39, 0.29) is 12.4 Å². The quantitative estimate of drug-likeness (QED) is 0.790. The van der Waals surface area contributed by atoms with E-state index < -0.39 is 0 Å². The molecule has 0 spiro atoms. The first kappa shape index (κ1) is 12.7. The molecule has 2 aromatic heterocycles. The normalized spacial score (nSPS) is 10.8. The van der Waals surface area contributed by atoms with E-state index in [4.69, 9.17) is 14.9 Å². The van der Waals surface area contributed by atoms with Crippen molar-refractivity contribution >= 4 is 34.3 Å². The number of nitrogens with two attached hydrogens (primary N) is 1. The lowest BCUT2D eigenvalue weighted by Crippen LogP contribution is -2.10. The van der Waals surface area contributed by atoms with Gasteiger partial charge in [-0.3, -0.25) is 4.68 Å². The molecule has 0 aliphatic carbocycles. The predicted molar refractivity (Wildman–Crippen MR) is 72.4 cm³/mol. The molecule has 0 fully saturated rings. The van der Waals surface area contributed by atoms with Crippen LogP contribution in [0.15, 0.2) is 28.8 Å². The van der Waals surface area contributed by atoms with Crippen molar-refractivity contribution < 1.29 is 9.15 Å². The molecule has 0 saturated carbocycles. The van der Waals surface area contributed by atoms with Crippen LogP contribution >= 0.6 is 12.4 Å². The third-order valence-corrected chi connectivity index (χ3v) is 2.82. The van der Waals surface area contributed by atoms with Crippen LogP contribution in [0.25, 0.3) is 21.9 Å². The van der Waals surface area contributed by atoms with E-state index in [0.717, 1.165) is 21.9 Å². The first-order valence-electron chi connectivity index (χ1n) is 5.45. The summed E-state index contributed by atoms with van der Waals surface area (Å²) in [7, 11) is 1.59. The average Bonchev–Trinajstić information content (AvgIpc) is 2.92. The number of fused-ring (bicyclic) bond motifs is 3. The number of furan rings is 1. The van der Waals surface area contributed by atoms with Crippen molar-refractivity contribution in [1.82, 2.24) is 9.78 Å². The van der Waals surface area contributed by atoms with Gasteiger partial charge in [-0.05, 0) is 12.1 Å². The van der Waals surface area contributed by atoms with Gasteiger partial charge < -0.3 is 14.9 Å². The molecule has 1 aromatic carbocycles. The molecule has 0 radical (unpaired) electrons. The highest BCUT2D eigenvalue weighted by Crippen LogP contribution is 2.31. The molecule has 0 amide bonds. The SMILES string of the molecule is COc1cc2c(ccc3cnn(CCN)c32)o1.Cl. The van der Waals surface area contributed by atoms with Gasteiger partial charge in [0.15, 0.2) is 0 Å². The molecular formula is C12H14ClN3O2. The first-order valence-corrected chi connectivity index (χ1v) is 5.45. The van der Waals surface area contributed by atoms with Gasteiger partial charge in [0, 0.05) is 18.0 Å². The summed E-state index contributed by atoms with van der Waals surface area (Å²) < 4.78 is 12.5. The molecule has 0 aliphatic heterocycles. The molecule has 3 aromatic rings. The average molecular weight is 268 g/mol. The highest BCUT2D eigenvalue weighted by molar-refractivity contribution is 6.04. The molecule has 6 heteroatoms. The zero-order valence-corrected chi connectivity index (χ0v) is 10.7. The van der Waals surface area contributed by atoms with E-state index in [1.54, 1.807) is 7.11 Å². The molecule has 0 atom stereocenters. The number of halogens is 1. The summed E-state index contributed by atoms with van der Waals surface area (Å²) >= 11 is 0. The number of methoxy groups -OCH3 is 1. The maximum atomic E-state index is 5.58. The van der Waals surface area contributed by atoms with E-state index >= 15 is 0 Å². The van der Waals surface area contributed by atoms with Gasteiger partial charge in [-0.25, -0.2) is 0 Å². The molecule has 18 heavy (non-hydrogen) atoms. The van der Waals surface area contributed by atoms with Gasteiger partial charge in [0.1, 0.15) is 5.58 Å². The smallest absolute Gasteiger partial charge is 0.285 e. The van der Waals surface area contributed by atoms with Crippen LogP contribution in [-0.4, -0.2) is 23.4 Å². The summed E-state index contributed by atoms with van der Waals surface area (Å²) in [5.74, 6) is 0.507. The van der Waals surface area contributed by atoms with Crippen LogP contribution in [0.1, 0.15) is 0 Å². The van der Waals surface area contributed by atoms with Gasteiger partial charge in [-0.15, -0.1) is 12.4 Å². The fraction of sp³-hybridized carbons (Fsp3) is 0.250. The second-order valence-corrected chi connectivity index (χ2v) is 3.84. The molecule has 0 saturated heterocycles. The van der Waals surface area contributed by atoms with Crippen molar-refractivity contribution in [3.05, 3.63) is 24.4 Å². The number of hydrogen-bond acceptors (Lipinski definition) is 4. The number of hydrogen-bond donors (Lipinski definition) is 1. The Morgan fingerprint density at radius 1 is 1.44 bits per heavy atom. The second kappa shape index (κ2) is 4.88. The van der Waals surface area contributed by atoms with Crippen LogP contribution in [-0.2, 0) is 6.54 Å². The number of rotatable bonds is 3. The molecule has 0 bridgehead atoms. The number of benzene rings is 1. The summed E-state index contributed by atoms with van der Waals surface area (Å²) in [5.41, 5.74) is 7.42. The highest BCUT2D eigenvalue weighted by Gasteiger charge is 2.11. The number of nitrogens with zero attached hydrogens (tertiary/aromatic N) is 2. The fourth-order valence-electron chi connectivity index (χ4n) is 2.06. The zero-order chi connectivity index (χ0) is 11.8. The van der Waals surface area contributed by atoms with E-state index in [1.807, 2.05) is 29.1 Å². The topological polar surface area (TPSA) is 66.2 Å². The summed E-state index contributed by atoms with van der Waals surface area (Å²) in [6.07, 6.45) is 1.84. The lowest BCUT2D eigenvalue weighted by atomic mass is 10.2. The van der Waals surface area contributed by atoms with Gasteiger partial charge in [0.25, 0.3) is 5.95 Å². The van der Waals surface area contributed by atoms with Crippen LogP contribution in [0.3, 0.4) is 0 Å². The zero-order valence-electron chi connectivity index (χ0n) is 9.92. The van der Waals surface area contributed by atoms with Crippen molar-refractivity contribution in [3.63, 3.8) is 0 Å². The van der Waals surface area contributed by atoms with Crippen molar-refractivity contribution in [2.45, 2.75) is 6.54 Å².